The smallest absolute Gasteiger partial charge is 0.0857 e. The van der Waals surface area contributed by atoms with Crippen LogP contribution in [0.5, 0.6) is 0 Å². The maximum absolute atomic E-state index is 10.8. The first kappa shape index (κ1) is 16.4. The third kappa shape index (κ3) is 2.19. The molecule has 132 valence electrons. The van der Waals surface area contributed by atoms with E-state index in [1.165, 1.54) is 25.7 Å². The average molecular weight is 322 g/mol. The van der Waals surface area contributed by atoms with E-state index in [9.17, 15) is 10.2 Å². The van der Waals surface area contributed by atoms with Crippen LogP contribution in [0.3, 0.4) is 0 Å². The highest BCUT2D eigenvalue weighted by Crippen LogP contribution is 2.66. The molecule has 9 atom stereocenters. The van der Waals surface area contributed by atoms with Crippen LogP contribution >= 0.6 is 0 Å². The van der Waals surface area contributed by atoms with Gasteiger partial charge in [-0.05, 0) is 85.9 Å². The topological polar surface area (TPSA) is 49.7 Å². The number of rotatable bonds is 1. The number of hydrogen-bond donors (Lipinski definition) is 2. The van der Waals surface area contributed by atoms with Gasteiger partial charge in [-0.2, -0.15) is 0 Å². The lowest BCUT2D eigenvalue weighted by Gasteiger charge is -2.60. The van der Waals surface area contributed by atoms with Gasteiger partial charge in [0.15, 0.2) is 0 Å². The zero-order valence-corrected chi connectivity index (χ0v) is 15.0. The first-order valence-electron chi connectivity index (χ1n) is 9.79. The molecule has 0 aromatic heterocycles. The van der Waals surface area contributed by atoms with E-state index in [-0.39, 0.29) is 23.7 Å². The fraction of sp³-hybridized carbons (Fsp3) is 1.00. The lowest BCUT2D eigenvalue weighted by atomic mass is 9.45. The molecule has 23 heavy (non-hydrogen) atoms. The summed E-state index contributed by atoms with van der Waals surface area (Å²) in [5, 5.41) is 20.9. The highest BCUT2D eigenvalue weighted by molar-refractivity contribution is 5.11. The lowest BCUT2D eigenvalue weighted by Crippen LogP contribution is -2.54. The second-order valence-electron chi connectivity index (χ2n) is 9.58. The number of fused-ring (bicyclic) bond motifs is 5. The molecule has 0 bridgehead atoms. The van der Waals surface area contributed by atoms with Gasteiger partial charge in [0.25, 0.3) is 0 Å². The van der Waals surface area contributed by atoms with E-state index in [1.807, 2.05) is 0 Å². The molecule has 2 N–H and O–H groups in total. The minimum absolute atomic E-state index is 0.0301. The summed E-state index contributed by atoms with van der Waals surface area (Å²) >= 11 is 0. The fourth-order valence-electron chi connectivity index (χ4n) is 7.42. The van der Waals surface area contributed by atoms with Crippen LogP contribution in [0.1, 0.15) is 65.2 Å². The average Bonchev–Trinajstić information content (AvgIpc) is 2.79. The van der Waals surface area contributed by atoms with Gasteiger partial charge in [0.05, 0.1) is 18.3 Å². The van der Waals surface area contributed by atoms with Gasteiger partial charge < -0.3 is 14.9 Å². The molecular formula is C20H34O3. The first-order chi connectivity index (χ1) is 10.9. The van der Waals surface area contributed by atoms with Gasteiger partial charge in [-0.3, -0.25) is 0 Å². The van der Waals surface area contributed by atoms with Crippen molar-refractivity contribution in [3.8, 4) is 0 Å². The van der Waals surface area contributed by atoms with Crippen molar-refractivity contribution in [1.29, 1.82) is 0 Å². The molecule has 4 aliphatic carbocycles. The summed E-state index contributed by atoms with van der Waals surface area (Å²) in [5.41, 5.74) is 0.471. The molecule has 4 rings (SSSR count). The highest BCUT2D eigenvalue weighted by Gasteiger charge is 2.62. The number of aliphatic hydroxyl groups excluding tert-OH is 2. The number of aliphatic hydroxyl groups is 2. The summed E-state index contributed by atoms with van der Waals surface area (Å²) in [4.78, 5) is 0. The van der Waals surface area contributed by atoms with E-state index in [1.54, 1.807) is 7.11 Å². The van der Waals surface area contributed by atoms with Gasteiger partial charge in [-0.1, -0.05) is 13.8 Å². The van der Waals surface area contributed by atoms with Crippen molar-refractivity contribution >= 4 is 0 Å². The second-order valence-corrected chi connectivity index (χ2v) is 9.58. The van der Waals surface area contributed by atoms with Crippen LogP contribution in [0.25, 0.3) is 0 Å². The van der Waals surface area contributed by atoms with E-state index in [0.717, 1.165) is 37.5 Å². The Labute approximate surface area is 140 Å². The molecule has 4 saturated carbocycles. The third-order valence-electron chi connectivity index (χ3n) is 8.89. The summed E-state index contributed by atoms with van der Waals surface area (Å²) in [5.74, 6) is 2.86. The molecule has 3 heteroatoms. The predicted molar refractivity (Wildman–Crippen MR) is 89.9 cm³/mol. The molecule has 0 amide bonds. The highest BCUT2D eigenvalue weighted by atomic mass is 16.5. The van der Waals surface area contributed by atoms with Crippen LogP contribution in [0, 0.1) is 34.5 Å². The molecule has 0 aromatic carbocycles. The van der Waals surface area contributed by atoms with Crippen molar-refractivity contribution in [3.05, 3.63) is 0 Å². The zero-order chi connectivity index (χ0) is 16.4. The normalized spacial score (nSPS) is 59.1. The third-order valence-corrected chi connectivity index (χ3v) is 8.89. The molecular weight excluding hydrogens is 288 g/mol. The van der Waals surface area contributed by atoms with E-state index in [0.29, 0.717) is 17.3 Å². The molecule has 0 heterocycles. The van der Waals surface area contributed by atoms with Gasteiger partial charge in [0, 0.05) is 7.11 Å². The SMILES string of the molecule is COC1CC2C3CCC4CC(O)CCC4(C)C3CCC2(C)C1O. The Morgan fingerprint density at radius 3 is 2.35 bits per heavy atom. The van der Waals surface area contributed by atoms with Crippen LogP contribution in [-0.4, -0.2) is 35.6 Å². The van der Waals surface area contributed by atoms with Crippen molar-refractivity contribution in [2.75, 3.05) is 7.11 Å². The Bertz CT molecular complexity index is 466. The lowest BCUT2D eigenvalue weighted by molar-refractivity contribution is -0.136. The van der Waals surface area contributed by atoms with Gasteiger partial charge in [-0.15, -0.1) is 0 Å². The predicted octanol–water partition coefficient (Wildman–Crippen LogP) is 3.38. The summed E-state index contributed by atoms with van der Waals surface area (Å²) in [7, 11) is 1.76. The molecule has 4 aliphatic rings. The van der Waals surface area contributed by atoms with Crippen LogP contribution < -0.4 is 0 Å². The van der Waals surface area contributed by atoms with Crippen LogP contribution in [-0.2, 0) is 4.74 Å². The molecule has 0 aliphatic heterocycles. The Morgan fingerprint density at radius 2 is 1.61 bits per heavy atom. The fourth-order valence-corrected chi connectivity index (χ4v) is 7.42. The quantitative estimate of drug-likeness (QED) is 0.778. The van der Waals surface area contributed by atoms with Crippen LogP contribution in [0.15, 0.2) is 0 Å². The summed E-state index contributed by atoms with van der Waals surface area (Å²) in [6.07, 6.45) is 8.88. The standard InChI is InChI=1S/C20H34O3/c1-19-8-6-13(21)10-12(19)4-5-14-15(19)7-9-20(2)16(14)11-17(23-3)18(20)22/h12-18,21-22H,4-11H2,1-3H3. The monoisotopic (exact) mass is 322 g/mol. The Kier molecular flexibility index (Phi) is 3.87. The number of methoxy groups -OCH3 is 1. The first-order valence-corrected chi connectivity index (χ1v) is 9.79. The summed E-state index contributed by atoms with van der Waals surface area (Å²) < 4.78 is 5.62. The van der Waals surface area contributed by atoms with Crippen molar-refractivity contribution in [2.45, 2.75) is 83.5 Å². The molecule has 4 fully saturated rings. The van der Waals surface area contributed by atoms with Gasteiger partial charge >= 0.3 is 0 Å². The van der Waals surface area contributed by atoms with Crippen molar-refractivity contribution in [3.63, 3.8) is 0 Å². The Hall–Kier alpha value is -0.120. The summed E-state index contributed by atoms with van der Waals surface area (Å²) in [6, 6.07) is 0. The number of hydrogen-bond acceptors (Lipinski definition) is 3. The Balaban J connectivity index is 1.62. The van der Waals surface area contributed by atoms with Crippen LogP contribution in [0.2, 0.25) is 0 Å². The van der Waals surface area contributed by atoms with E-state index in [2.05, 4.69) is 13.8 Å². The minimum Gasteiger partial charge on any atom is -0.393 e. The van der Waals surface area contributed by atoms with E-state index >= 15 is 0 Å². The van der Waals surface area contributed by atoms with E-state index < -0.39 is 0 Å². The maximum atomic E-state index is 10.8. The van der Waals surface area contributed by atoms with Crippen molar-refractivity contribution in [2.24, 2.45) is 34.5 Å². The van der Waals surface area contributed by atoms with Crippen LogP contribution in [0.4, 0.5) is 0 Å². The molecule has 0 saturated heterocycles. The van der Waals surface area contributed by atoms with Gasteiger partial charge in [-0.25, -0.2) is 0 Å². The molecule has 3 nitrogen and oxygen atoms in total. The second kappa shape index (κ2) is 5.44. The minimum atomic E-state index is -0.294. The largest absolute Gasteiger partial charge is 0.393 e. The Morgan fingerprint density at radius 1 is 0.870 bits per heavy atom. The molecule has 0 aromatic rings. The van der Waals surface area contributed by atoms with E-state index in [4.69, 9.17) is 4.74 Å². The van der Waals surface area contributed by atoms with Crippen molar-refractivity contribution < 1.29 is 14.9 Å². The summed E-state index contributed by atoms with van der Waals surface area (Å²) in [6.45, 7) is 4.83. The zero-order valence-electron chi connectivity index (χ0n) is 15.0. The molecule has 0 spiro atoms. The van der Waals surface area contributed by atoms with Crippen molar-refractivity contribution in [1.82, 2.24) is 0 Å². The number of ether oxygens (including phenoxy) is 1. The maximum Gasteiger partial charge on any atom is 0.0857 e. The molecule has 9 unspecified atom stereocenters. The molecule has 0 radical (unpaired) electrons. The van der Waals surface area contributed by atoms with Gasteiger partial charge in [0.2, 0.25) is 0 Å². The van der Waals surface area contributed by atoms with Gasteiger partial charge in [0.1, 0.15) is 0 Å².